The Morgan fingerprint density at radius 2 is 1.20 bits per heavy atom. The summed E-state index contributed by atoms with van der Waals surface area (Å²) in [5.41, 5.74) is 5.08. The van der Waals surface area contributed by atoms with Crippen LogP contribution in [0.4, 0.5) is 11.4 Å². The molecule has 2 amide bonds. The second-order valence-corrected chi connectivity index (χ2v) is 8.18. The summed E-state index contributed by atoms with van der Waals surface area (Å²) in [4.78, 5) is 34.5. The molecule has 2 unspecified atom stereocenters. The molecule has 2 atom stereocenters. The highest BCUT2D eigenvalue weighted by atomic mass is 16.2. The first-order chi connectivity index (χ1) is 14.5. The minimum absolute atomic E-state index is 0.0692. The molecule has 3 aromatic rings. The van der Waals surface area contributed by atoms with Gasteiger partial charge in [-0.2, -0.15) is 0 Å². The highest BCUT2D eigenvalue weighted by Crippen LogP contribution is 2.34. The molecule has 150 valence electrons. The monoisotopic (exact) mass is 397 g/mol. The maximum Gasteiger partial charge on any atom is 0.260 e. The summed E-state index contributed by atoms with van der Waals surface area (Å²) in [5.74, 6) is -0.242. The maximum absolute atomic E-state index is 13.3. The van der Waals surface area contributed by atoms with E-state index in [1.165, 1.54) is 11.1 Å². The lowest BCUT2D eigenvalue weighted by Crippen LogP contribution is -2.37. The Morgan fingerprint density at radius 1 is 0.767 bits per heavy atom. The van der Waals surface area contributed by atoms with E-state index >= 15 is 0 Å². The minimum Gasteiger partial charge on any atom is -0.305 e. The Morgan fingerprint density at radius 3 is 1.67 bits per heavy atom. The minimum atomic E-state index is -0.121. The molecule has 3 heterocycles. The molecule has 30 heavy (non-hydrogen) atoms. The van der Waals surface area contributed by atoms with Crippen molar-refractivity contribution in [3.05, 3.63) is 89.2 Å². The number of benzene rings is 2. The van der Waals surface area contributed by atoms with Crippen LogP contribution in [0.5, 0.6) is 0 Å². The number of rotatable bonds is 2. The average molecular weight is 397 g/mol. The van der Waals surface area contributed by atoms with Gasteiger partial charge in [0.25, 0.3) is 11.8 Å². The van der Waals surface area contributed by atoms with Gasteiger partial charge in [-0.25, -0.2) is 0 Å². The molecule has 0 aliphatic carbocycles. The van der Waals surface area contributed by atoms with Crippen molar-refractivity contribution in [2.75, 3.05) is 9.80 Å². The summed E-state index contributed by atoms with van der Waals surface area (Å²) >= 11 is 0. The number of pyridine rings is 1. The van der Waals surface area contributed by atoms with Gasteiger partial charge in [0.1, 0.15) is 0 Å². The fourth-order valence-electron chi connectivity index (χ4n) is 4.70. The van der Waals surface area contributed by atoms with E-state index in [1.807, 2.05) is 60.0 Å². The smallest absolute Gasteiger partial charge is 0.260 e. The number of aromatic nitrogens is 1. The Balaban J connectivity index is 1.47. The van der Waals surface area contributed by atoms with Crippen LogP contribution in [-0.2, 0) is 12.8 Å². The van der Waals surface area contributed by atoms with Crippen molar-refractivity contribution in [1.29, 1.82) is 0 Å². The highest BCUT2D eigenvalue weighted by Gasteiger charge is 2.34. The molecule has 2 aromatic carbocycles. The zero-order chi connectivity index (χ0) is 20.8. The number of nitrogens with zero attached hydrogens (tertiary/aromatic N) is 3. The maximum atomic E-state index is 13.3. The molecule has 5 nitrogen and oxygen atoms in total. The predicted octanol–water partition coefficient (Wildman–Crippen LogP) is 4.26. The molecule has 5 heteroatoms. The number of hydrogen-bond donors (Lipinski definition) is 0. The SMILES string of the molecule is CC1Cc2ccccc2N1C(=O)c1cncc(C(=O)N2c3ccccc3CC2C)c1. The lowest BCUT2D eigenvalue weighted by Gasteiger charge is -2.24. The van der Waals surface area contributed by atoms with Crippen LogP contribution in [0.2, 0.25) is 0 Å². The molecule has 0 saturated heterocycles. The van der Waals surface area contributed by atoms with Crippen molar-refractivity contribution in [1.82, 2.24) is 4.98 Å². The third kappa shape index (κ3) is 2.89. The van der Waals surface area contributed by atoms with E-state index in [-0.39, 0.29) is 23.9 Å². The van der Waals surface area contributed by atoms with E-state index in [0.29, 0.717) is 11.1 Å². The summed E-state index contributed by atoms with van der Waals surface area (Å²) in [6.07, 6.45) is 4.76. The first-order valence-corrected chi connectivity index (χ1v) is 10.3. The molecule has 0 radical (unpaired) electrons. The van der Waals surface area contributed by atoms with Gasteiger partial charge in [0.15, 0.2) is 0 Å². The third-order valence-corrected chi connectivity index (χ3v) is 6.08. The van der Waals surface area contributed by atoms with Crippen LogP contribution in [0.25, 0.3) is 0 Å². The molecular weight excluding hydrogens is 374 g/mol. The second kappa shape index (κ2) is 7.10. The van der Waals surface area contributed by atoms with Crippen LogP contribution in [0.3, 0.4) is 0 Å². The molecule has 1 aromatic heterocycles. The summed E-state index contributed by atoms with van der Waals surface area (Å²) in [6.45, 7) is 4.09. The van der Waals surface area contributed by atoms with Crippen molar-refractivity contribution >= 4 is 23.2 Å². The van der Waals surface area contributed by atoms with Crippen LogP contribution in [0.15, 0.2) is 67.0 Å². The third-order valence-electron chi connectivity index (χ3n) is 6.08. The Labute approximate surface area is 176 Å². The number of carbonyl (C=O) groups excluding carboxylic acids is 2. The normalized spacial score (nSPS) is 19.5. The van der Waals surface area contributed by atoms with Crippen LogP contribution in [0.1, 0.15) is 45.7 Å². The summed E-state index contributed by atoms with van der Waals surface area (Å²) < 4.78 is 0. The molecular formula is C25H23N3O2. The van der Waals surface area contributed by atoms with Gasteiger partial charge >= 0.3 is 0 Å². The zero-order valence-electron chi connectivity index (χ0n) is 17.1. The predicted molar refractivity (Wildman–Crippen MR) is 117 cm³/mol. The number of anilines is 2. The first-order valence-electron chi connectivity index (χ1n) is 10.3. The average Bonchev–Trinajstić information content (AvgIpc) is 3.28. The Hall–Kier alpha value is -3.47. The molecule has 0 bridgehead atoms. The van der Waals surface area contributed by atoms with Crippen LogP contribution in [-0.4, -0.2) is 28.9 Å². The molecule has 0 N–H and O–H groups in total. The molecule has 0 saturated carbocycles. The molecule has 5 rings (SSSR count). The van der Waals surface area contributed by atoms with Crippen molar-refractivity contribution in [2.24, 2.45) is 0 Å². The van der Waals surface area contributed by atoms with E-state index in [0.717, 1.165) is 24.2 Å². The van der Waals surface area contributed by atoms with Gasteiger partial charge in [-0.05, 0) is 56.0 Å². The number of amides is 2. The number of carbonyl (C=O) groups is 2. The number of fused-ring (bicyclic) bond motifs is 2. The zero-order valence-corrected chi connectivity index (χ0v) is 17.1. The van der Waals surface area contributed by atoms with Gasteiger partial charge < -0.3 is 9.80 Å². The van der Waals surface area contributed by atoms with Crippen LogP contribution < -0.4 is 9.80 Å². The van der Waals surface area contributed by atoms with Gasteiger partial charge in [0.2, 0.25) is 0 Å². The molecule has 0 spiro atoms. The largest absolute Gasteiger partial charge is 0.305 e. The van der Waals surface area contributed by atoms with Gasteiger partial charge in [-0.1, -0.05) is 36.4 Å². The van der Waals surface area contributed by atoms with Gasteiger partial charge in [0.05, 0.1) is 11.1 Å². The fraction of sp³-hybridized carbons (Fsp3) is 0.240. The Bertz CT molecular complexity index is 1070. The highest BCUT2D eigenvalue weighted by molar-refractivity contribution is 6.11. The van der Waals surface area contributed by atoms with E-state index < -0.39 is 0 Å². The van der Waals surface area contributed by atoms with Crippen LogP contribution in [0, 0.1) is 0 Å². The van der Waals surface area contributed by atoms with Gasteiger partial charge in [-0.15, -0.1) is 0 Å². The number of hydrogen-bond acceptors (Lipinski definition) is 3. The summed E-state index contributed by atoms with van der Waals surface area (Å²) in [5, 5.41) is 0. The van der Waals surface area contributed by atoms with Crippen molar-refractivity contribution < 1.29 is 9.59 Å². The fourth-order valence-corrected chi connectivity index (χ4v) is 4.70. The van der Waals surface area contributed by atoms with E-state index in [2.05, 4.69) is 17.1 Å². The molecule has 2 aliphatic heterocycles. The quantitative estimate of drug-likeness (QED) is 0.649. The van der Waals surface area contributed by atoms with Gasteiger partial charge in [-0.3, -0.25) is 14.6 Å². The summed E-state index contributed by atoms with van der Waals surface area (Å²) in [7, 11) is 0. The molecule has 0 fully saturated rings. The lowest BCUT2D eigenvalue weighted by atomic mass is 10.1. The lowest BCUT2D eigenvalue weighted by molar-refractivity contribution is 0.0980. The van der Waals surface area contributed by atoms with Crippen molar-refractivity contribution in [3.8, 4) is 0 Å². The first kappa shape index (κ1) is 18.6. The van der Waals surface area contributed by atoms with Crippen LogP contribution >= 0.6 is 0 Å². The van der Waals surface area contributed by atoms with E-state index in [4.69, 9.17) is 0 Å². The molecule has 2 aliphatic rings. The van der Waals surface area contributed by atoms with E-state index in [1.54, 1.807) is 18.5 Å². The standard InChI is InChI=1S/C25H23N3O2/c1-16-11-18-7-3-5-9-22(18)27(16)24(29)20-13-21(15-26-14-20)25(30)28-17(2)12-19-8-4-6-10-23(19)28/h3-10,13-17H,11-12H2,1-2H3. The summed E-state index contributed by atoms with van der Waals surface area (Å²) in [6, 6.07) is 17.8. The van der Waals surface area contributed by atoms with Crippen molar-refractivity contribution in [3.63, 3.8) is 0 Å². The van der Waals surface area contributed by atoms with Gasteiger partial charge in [0, 0.05) is 35.9 Å². The number of para-hydroxylation sites is 2. The topological polar surface area (TPSA) is 53.5 Å². The second-order valence-electron chi connectivity index (χ2n) is 8.18. The van der Waals surface area contributed by atoms with E-state index in [9.17, 15) is 9.59 Å². The van der Waals surface area contributed by atoms with Crippen molar-refractivity contribution in [2.45, 2.75) is 38.8 Å². The Kier molecular flexibility index (Phi) is 4.39.